The van der Waals surface area contributed by atoms with Crippen molar-refractivity contribution in [1.82, 2.24) is 0 Å². The molecule has 3 aromatic rings. The fraction of sp³-hybridized carbons (Fsp3) is 0.276. The van der Waals surface area contributed by atoms with Crippen molar-refractivity contribution in [3.63, 3.8) is 0 Å². The molecule has 0 bridgehead atoms. The lowest BCUT2D eigenvalue weighted by atomic mass is 9.88. The summed E-state index contributed by atoms with van der Waals surface area (Å²) in [6.45, 7) is 2.10. The summed E-state index contributed by atoms with van der Waals surface area (Å²) in [4.78, 5) is 38.1. The van der Waals surface area contributed by atoms with E-state index in [0.717, 1.165) is 40.8 Å². The van der Waals surface area contributed by atoms with Crippen LogP contribution in [-0.2, 0) is 38.5 Å². The molecular formula is C29H28ClNO6S. The fourth-order valence-electron chi connectivity index (χ4n) is 4.09. The molecule has 1 N–H and O–H groups in total. The molecule has 0 radical (unpaired) electrons. The molecule has 1 aliphatic rings. The van der Waals surface area contributed by atoms with Crippen LogP contribution in [0.5, 0.6) is 5.75 Å². The van der Waals surface area contributed by atoms with E-state index in [0.29, 0.717) is 33.9 Å². The maximum atomic E-state index is 12.5. The van der Waals surface area contributed by atoms with Crippen LogP contribution in [0.1, 0.15) is 45.3 Å². The van der Waals surface area contributed by atoms with Crippen LogP contribution in [0.2, 0.25) is 5.02 Å². The van der Waals surface area contributed by atoms with E-state index in [4.69, 9.17) is 25.8 Å². The number of nitrogens with one attached hydrogen (secondary N) is 1. The van der Waals surface area contributed by atoms with Gasteiger partial charge in [0.2, 0.25) is 0 Å². The summed E-state index contributed by atoms with van der Waals surface area (Å²) in [6.07, 6.45) is 5.44. The smallest absolute Gasteiger partial charge is 0.341 e. The van der Waals surface area contributed by atoms with Crippen LogP contribution in [0.15, 0.2) is 54.6 Å². The average Bonchev–Trinajstić information content (AvgIpc) is 3.27. The molecule has 1 heterocycles. The normalized spacial score (nSPS) is 14.6. The van der Waals surface area contributed by atoms with Crippen molar-refractivity contribution in [1.29, 1.82) is 0 Å². The topological polar surface area (TPSA) is 90.9 Å². The first kappa shape index (κ1) is 27.4. The lowest BCUT2D eigenvalue weighted by Gasteiger charge is -2.18. The fourth-order valence-corrected chi connectivity index (χ4v) is 5.63. The molecule has 0 saturated carbocycles. The molecule has 9 heteroatoms. The highest BCUT2D eigenvalue weighted by Crippen LogP contribution is 2.40. The first-order valence-electron chi connectivity index (χ1n) is 12.2. The number of hydrogen-bond donors (Lipinski definition) is 1. The number of rotatable bonds is 9. The van der Waals surface area contributed by atoms with Gasteiger partial charge in [-0.1, -0.05) is 42.8 Å². The Kier molecular flexibility index (Phi) is 9.20. The highest BCUT2D eigenvalue weighted by molar-refractivity contribution is 7.17. The van der Waals surface area contributed by atoms with Crippen molar-refractivity contribution in [2.45, 2.75) is 32.8 Å². The average molecular weight is 554 g/mol. The molecule has 1 atom stereocenters. The zero-order valence-corrected chi connectivity index (χ0v) is 22.7. The number of ether oxygens (including phenoxy) is 3. The lowest BCUT2D eigenvalue weighted by Crippen LogP contribution is -2.21. The number of carbonyl (C=O) groups excluding carboxylic acids is 3. The predicted molar refractivity (Wildman–Crippen MR) is 148 cm³/mol. The molecule has 1 amide bonds. The van der Waals surface area contributed by atoms with Crippen molar-refractivity contribution in [3.8, 4) is 5.75 Å². The second kappa shape index (κ2) is 12.8. The maximum absolute atomic E-state index is 12.5. The van der Waals surface area contributed by atoms with Crippen molar-refractivity contribution in [2.75, 3.05) is 19.0 Å². The molecule has 2 aromatic carbocycles. The molecule has 38 heavy (non-hydrogen) atoms. The van der Waals surface area contributed by atoms with E-state index >= 15 is 0 Å². The minimum atomic E-state index is -0.657. The van der Waals surface area contributed by atoms with Gasteiger partial charge in [-0.15, -0.1) is 11.3 Å². The van der Waals surface area contributed by atoms with E-state index in [2.05, 4.69) is 12.2 Å². The van der Waals surface area contributed by atoms with Gasteiger partial charge in [0, 0.05) is 16.0 Å². The van der Waals surface area contributed by atoms with Gasteiger partial charge >= 0.3 is 11.9 Å². The SMILES string of the molecule is COC(=O)c1c(NC(=O)COC(=O)/C=C/c2ccc(OCc3ccc(Cl)cc3)cc2)sc2c1CCC(C)C2. The first-order chi connectivity index (χ1) is 18.3. The number of carbonyl (C=O) groups is 3. The second-order valence-corrected chi connectivity index (χ2v) is 10.6. The third-order valence-electron chi connectivity index (χ3n) is 6.11. The summed E-state index contributed by atoms with van der Waals surface area (Å²) in [5, 5.41) is 3.83. The van der Waals surface area contributed by atoms with Crippen molar-refractivity contribution in [2.24, 2.45) is 5.92 Å². The van der Waals surface area contributed by atoms with Gasteiger partial charge in [0.1, 0.15) is 17.4 Å². The number of anilines is 1. The molecule has 0 spiro atoms. The quantitative estimate of drug-likeness (QED) is 0.255. The summed E-state index contributed by atoms with van der Waals surface area (Å²) in [5.41, 5.74) is 3.11. The molecule has 198 valence electrons. The highest BCUT2D eigenvalue weighted by Gasteiger charge is 2.29. The number of methoxy groups -OCH3 is 1. The maximum Gasteiger partial charge on any atom is 0.341 e. The van der Waals surface area contributed by atoms with Gasteiger partial charge in [-0.05, 0) is 72.2 Å². The highest BCUT2D eigenvalue weighted by atomic mass is 35.5. The predicted octanol–water partition coefficient (Wildman–Crippen LogP) is 6.09. The van der Waals surface area contributed by atoms with Gasteiger partial charge in [-0.3, -0.25) is 4.79 Å². The Morgan fingerprint density at radius 3 is 2.55 bits per heavy atom. The van der Waals surface area contributed by atoms with E-state index in [1.165, 1.54) is 24.5 Å². The molecule has 0 fully saturated rings. The van der Waals surface area contributed by atoms with Gasteiger partial charge in [-0.2, -0.15) is 0 Å². The second-order valence-electron chi connectivity index (χ2n) is 9.02. The molecule has 7 nitrogen and oxygen atoms in total. The van der Waals surface area contributed by atoms with Gasteiger partial charge in [-0.25, -0.2) is 9.59 Å². The van der Waals surface area contributed by atoms with Crippen molar-refractivity contribution in [3.05, 3.63) is 86.8 Å². The van der Waals surface area contributed by atoms with Crippen LogP contribution in [0, 0.1) is 5.92 Å². The monoisotopic (exact) mass is 553 g/mol. The summed E-state index contributed by atoms with van der Waals surface area (Å²) in [6, 6.07) is 14.6. The third kappa shape index (κ3) is 7.24. The third-order valence-corrected chi connectivity index (χ3v) is 7.53. The van der Waals surface area contributed by atoms with Gasteiger partial charge in [0.25, 0.3) is 5.91 Å². The molecule has 0 saturated heterocycles. The van der Waals surface area contributed by atoms with E-state index < -0.39 is 24.5 Å². The summed E-state index contributed by atoms with van der Waals surface area (Å²) < 4.78 is 15.8. The van der Waals surface area contributed by atoms with Crippen LogP contribution in [-0.4, -0.2) is 31.6 Å². The Morgan fingerprint density at radius 1 is 1.11 bits per heavy atom. The number of esters is 2. The van der Waals surface area contributed by atoms with E-state index in [1.54, 1.807) is 30.3 Å². The van der Waals surface area contributed by atoms with Crippen molar-refractivity contribution >= 4 is 51.9 Å². The minimum absolute atomic E-state index is 0.402. The summed E-state index contributed by atoms with van der Waals surface area (Å²) in [7, 11) is 1.32. The van der Waals surface area contributed by atoms with Gasteiger partial charge in [0.05, 0.1) is 12.7 Å². The minimum Gasteiger partial charge on any atom is -0.489 e. The molecule has 1 aromatic heterocycles. The zero-order chi connectivity index (χ0) is 27.1. The molecule has 0 aliphatic heterocycles. The number of hydrogen-bond acceptors (Lipinski definition) is 7. The largest absolute Gasteiger partial charge is 0.489 e. The summed E-state index contributed by atoms with van der Waals surface area (Å²) in [5.74, 6) is -0.455. The summed E-state index contributed by atoms with van der Waals surface area (Å²) >= 11 is 7.27. The van der Waals surface area contributed by atoms with Crippen molar-refractivity contribution < 1.29 is 28.6 Å². The van der Waals surface area contributed by atoms with Crippen LogP contribution >= 0.6 is 22.9 Å². The molecular weight excluding hydrogens is 526 g/mol. The van der Waals surface area contributed by atoms with Crippen LogP contribution in [0.25, 0.3) is 6.08 Å². The lowest BCUT2D eigenvalue weighted by molar-refractivity contribution is -0.142. The molecule has 4 rings (SSSR count). The number of halogens is 1. The van der Waals surface area contributed by atoms with Crippen LogP contribution in [0.3, 0.4) is 0 Å². The van der Waals surface area contributed by atoms with Gasteiger partial charge in [0.15, 0.2) is 6.61 Å². The molecule has 1 aliphatic carbocycles. The zero-order valence-electron chi connectivity index (χ0n) is 21.1. The Morgan fingerprint density at radius 2 is 1.84 bits per heavy atom. The van der Waals surface area contributed by atoms with E-state index in [1.807, 2.05) is 24.3 Å². The van der Waals surface area contributed by atoms with E-state index in [9.17, 15) is 14.4 Å². The Balaban J connectivity index is 1.27. The number of benzene rings is 2. The molecule has 1 unspecified atom stereocenters. The Hall–Kier alpha value is -3.62. The Bertz CT molecular complexity index is 1330. The number of fused-ring (bicyclic) bond motifs is 1. The van der Waals surface area contributed by atoms with Gasteiger partial charge < -0.3 is 19.5 Å². The van der Waals surface area contributed by atoms with Crippen LogP contribution < -0.4 is 10.1 Å². The standard InChI is InChI=1S/C29H28ClNO6S/c1-18-3-13-23-24(15-18)38-28(27(23)29(34)35-2)31-25(32)17-37-26(33)14-8-19-6-11-22(12-7-19)36-16-20-4-9-21(30)10-5-20/h4-12,14,18H,3,13,15-17H2,1-2H3,(H,31,32)/b14-8+. The Labute approximate surface area is 230 Å². The van der Waals surface area contributed by atoms with Crippen LogP contribution in [0.4, 0.5) is 5.00 Å². The first-order valence-corrected chi connectivity index (χ1v) is 13.4. The van der Waals surface area contributed by atoms with E-state index in [-0.39, 0.29) is 0 Å². The number of amides is 1. The number of thiophene rings is 1.